The van der Waals surface area contributed by atoms with Crippen LogP contribution in [-0.2, 0) is 18.3 Å². The molecular formula is C13H23N5O. The number of carbonyl (C=O) groups is 1. The largest absolute Gasteiger partial charge is 0.356 e. The molecule has 2 N–H and O–H groups in total. The Balaban J connectivity index is 1.58. The van der Waals surface area contributed by atoms with E-state index in [1.54, 1.807) is 6.33 Å². The van der Waals surface area contributed by atoms with E-state index in [0.29, 0.717) is 19.0 Å². The predicted octanol–water partition coefficient (Wildman–Crippen LogP) is 0.396. The fourth-order valence-electron chi connectivity index (χ4n) is 2.41. The monoisotopic (exact) mass is 265 g/mol. The van der Waals surface area contributed by atoms with E-state index >= 15 is 0 Å². The molecule has 1 saturated heterocycles. The van der Waals surface area contributed by atoms with Crippen LogP contribution in [0.1, 0.15) is 37.9 Å². The standard InChI is InChI=1S/C13H23N5O/c1-18-10-16-17-12(18)7-9-15-13(19)6-5-11-4-2-3-8-14-11/h10-11,14H,2-9H2,1H3,(H,15,19). The SMILES string of the molecule is Cn1cnnc1CCNC(=O)CCC1CCCCN1. The van der Waals surface area contributed by atoms with Gasteiger partial charge >= 0.3 is 0 Å². The molecule has 0 saturated carbocycles. The van der Waals surface area contributed by atoms with E-state index in [1.807, 2.05) is 11.6 Å². The second-order valence-electron chi connectivity index (χ2n) is 5.14. The van der Waals surface area contributed by atoms with Crippen LogP contribution in [0.15, 0.2) is 6.33 Å². The molecule has 2 rings (SSSR count). The van der Waals surface area contributed by atoms with E-state index in [1.165, 1.54) is 19.3 Å². The number of nitrogens with zero attached hydrogens (tertiary/aromatic N) is 3. The van der Waals surface area contributed by atoms with Crippen LogP contribution in [-0.4, -0.2) is 39.8 Å². The first kappa shape index (κ1) is 14.0. The Bertz CT molecular complexity index is 397. The molecule has 1 atom stereocenters. The van der Waals surface area contributed by atoms with Gasteiger partial charge in [0.2, 0.25) is 5.91 Å². The maximum absolute atomic E-state index is 11.7. The van der Waals surface area contributed by atoms with Gasteiger partial charge in [0.15, 0.2) is 0 Å². The van der Waals surface area contributed by atoms with Crippen molar-refractivity contribution < 1.29 is 4.79 Å². The number of hydrogen-bond acceptors (Lipinski definition) is 4. The molecule has 1 aromatic heterocycles. The second kappa shape index (κ2) is 7.23. The molecule has 1 unspecified atom stereocenters. The molecule has 1 amide bonds. The lowest BCUT2D eigenvalue weighted by Crippen LogP contribution is -2.35. The van der Waals surface area contributed by atoms with E-state index < -0.39 is 0 Å². The smallest absolute Gasteiger partial charge is 0.220 e. The molecular weight excluding hydrogens is 242 g/mol. The summed E-state index contributed by atoms with van der Waals surface area (Å²) in [4.78, 5) is 11.7. The summed E-state index contributed by atoms with van der Waals surface area (Å²) in [5, 5.41) is 14.2. The summed E-state index contributed by atoms with van der Waals surface area (Å²) in [6.07, 6.45) is 7.69. The molecule has 6 nitrogen and oxygen atoms in total. The topological polar surface area (TPSA) is 71.8 Å². The molecule has 0 spiro atoms. The molecule has 19 heavy (non-hydrogen) atoms. The Kier molecular flexibility index (Phi) is 5.32. The first-order valence-electron chi connectivity index (χ1n) is 7.08. The van der Waals surface area contributed by atoms with Crippen molar-refractivity contribution in [1.29, 1.82) is 0 Å². The molecule has 0 bridgehead atoms. The summed E-state index contributed by atoms with van der Waals surface area (Å²) < 4.78 is 1.87. The molecule has 106 valence electrons. The highest BCUT2D eigenvalue weighted by atomic mass is 16.1. The van der Waals surface area contributed by atoms with Crippen molar-refractivity contribution in [2.75, 3.05) is 13.1 Å². The lowest BCUT2D eigenvalue weighted by Gasteiger charge is -2.23. The number of carbonyl (C=O) groups excluding carboxylic acids is 1. The van der Waals surface area contributed by atoms with Gasteiger partial charge in [0.25, 0.3) is 0 Å². The maximum Gasteiger partial charge on any atom is 0.220 e. The highest BCUT2D eigenvalue weighted by Gasteiger charge is 2.13. The van der Waals surface area contributed by atoms with E-state index in [2.05, 4.69) is 20.8 Å². The fraction of sp³-hybridized carbons (Fsp3) is 0.769. The molecule has 1 aliphatic heterocycles. The molecule has 1 aromatic rings. The van der Waals surface area contributed by atoms with Crippen LogP contribution < -0.4 is 10.6 Å². The van der Waals surface area contributed by atoms with E-state index in [-0.39, 0.29) is 5.91 Å². The van der Waals surface area contributed by atoms with Gasteiger partial charge in [-0.05, 0) is 25.8 Å². The van der Waals surface area contributed by atoms with Crippen LogP contribution in [0.3, 0.4) is 0 Å². The van der Waals surface area contributed by atoms with Gasteiger partial charge in [-0.15, -0.1) is 10.2 Å². The Morgan fingerprint density at radius 2 is 2.47 bits per heavy atom. The van der Waals surface area contributed by atoms with Crippen molar-refractivity contribution in [3.05, 3.63) is 12.2 Å². The van der Waals surface area contributed by atoms with Gasteiger partial charge in [-0.25, -0.2) is 0 Å². The lowest BCUT2D eigenvalue weighted by atomic mass is 10.0. The first-order chi connectivity index (χ1) is 9.25. The highest BCUT2D eigenvalue weighted by Crippen LogP contribution is 2.11. The Hall–Kier alpha value is -1.43. The summed E-state index contributed by atoms with van der Waals surface area (Å²) in [6, 6.07) is 0.526. The van der Waals surface area contributed by atoms with Gasteiger partial charge < -0.3 is 15.2 Å². The van der Waals surface area contributed by atoms with Crippen LogP contribution >= 0.6 is 0 Å². The number of piperidine rings is 1. The van der Waals surface area contributed by atoms with Gasteiger partial charge in [0.05, 0.1) is 0 Å². The van der Waals surface area contributed by atoms with Gasteiger partial charge in [0.1, 0.15) is 12.2 Å². The predicted molar refractivity (Wildman–Crippen MR) is 72.6 cm³/mol. The van der Waals surface area contributed by atoms with Crippen molar-refractivity contribution in [1.82, 2.24) is 25.4 Å². The minimum absolute atomic E-state index is 0.134. The number of aromatic nitrogens is 3. The fourth-order valence-corrected chi connectivity index (χ4v) is 2.41. The first-order valence-corrected chi connectivity index (χ1v) is 7.08. The Morgan fingerprint density at radius 1 is 1.58 bits per heavy atom. The third kappa shape index (κ3) is 4.63. The van der Waals surface area contributed by atoms with Crippen molar-refractivity contribution in [3.63, 3.8) is 0 Å². The average Bonchev–Trinajstić information content (AvgIpc) is 2.83. The molecule has 0 aliphatic carbocycles. The van der Waals surface area contributed by atoms with Gasteiger partial charge in [-0.2, -0.15) is 0 Å². The van der Waals surface area contributed by atoms with Crippen molar-refractivity contribution >= 4 is 5.91 Å². The molecule has 0 aromatic carbocycles. The summed E-state index contributed by atoms with van der Waals surface area (Å²) in [5.74, 6) is 1.03. The quantitative estimate of drug-likeness (QED) is 0.781. The Labute approximate surface area is 114 Å². The van der Waals surface area contributed by atoms with Gasteiger partial charge in [-0.1, -0.05) is 6.42 Å². The zero-order valence-corrected chi connectivity index (χ0v) is 11.6. The van der Waals surface area contributed by atoms with Crippen LogP contribution in [0.5, 0.6) is 0 Å². The van der Waals surface area contributed by atoms with Crippen LogP contribution in [0.2, 0.25) is 0 Å². The van der Waals surface area contributed by atoms with Gasteiger partial charge in [0, 0.05) is 32.5 Å². The van der Waals surface area contributed by atoms with Crippen LogP contribution in [0, 0.1) is 0 Å². The lowest BCUT2D eigenvalue weighted by molar-refractivity contribution is -0.121. The minimum Gasteiger partial charge on any atom is -0.356 e. The number of nitrogens with one attached hydrogen (secondary N) is 2. The van der Waals surface area contributed by atoms with E-state index in [9.17, 15) is 4.79 Å². The number of hydrogen-bond donors (Lipinski definition) is 2. The minimum atomic E-state index is 0.134. The van der Waals surface area contributed by atoms with Crippen molar-refractivity contribution in [3.8, 4) is 0 Å². The van der Waals surface area contributed by atoms with E-state index in [0.717, 1.165) is 25.2 Å². The zero-order valence-electron chi connectivity index (χ0n) is 11.6. The third-order valence-electron chi connectivity index (χ3n) is 3.61. The second-order valence-corrected chi connectivity index (χ2v) is 5.14. The number of amides is 1. The van der Waals surface area contributed by atoms with Crippen molar-refractivity contribution in [2.45, 2.75) is 44.6 Å². The molecule has 2 heterocycles. The summed E-state index contributed by atoms with van der Waals surface area (Å²) >= 11 is 0. The van der Waals surface area contributed by atoms with Crippen LogP contribution in [0.4, 0.5) is 0 Å². The van der Waals surface area contributed by atoms with Crippen LogP contribution in [0.25, 0.3) is 0 Å². The number of rotatable bonds is 6. The van der Waals surface area contributed by atoms with Gasteiger partial charge in [-0.3, -0.25) is 4.79 Å². The molecule has 0 radical (unpaired) electrons. The summed E-state index contributed by atoms with van der Waals surface area (Å²) in [7, 11) is 1.91. The number of aryl methyl sites for hydroxylation is 1. The molecule has 1 fully saturated rings. The Morgan fingerprint density at radius 3 is 3.16 bits per heavy atom. The average molecular weight is 265 g/mol. The molecule has 1 aliphatic rings. The zero-order chi connectivity index (χ0) is 13.5. The normalized spacial score (nSPS) is 19.3. The maximum atomic E-state index is 11.7. The highest BCUT2D eigenvalue weighted by molar-refractivity contribution is 5.75. The molecule has 6 heteroatoms. The van der Waals surface area contributed by atoms with Crippen molar-refractivity contribution in [2.24, 2.45) is 7.05 Å². The van der Waals surface area contributed by atoms with E-state index in [4.69, 9.17) is 0 Å². The summed E-state index contributed by atoms with van der Waals surface area (Å²) in [5.41, 5.74) is 0. The third-order valence-corrected chi connectivity index (χ3v) is 3.61. The summed E-state index contributed by atoms with van der Waals surface area (Å²) in [6.45, 7) is 1.72.